The van der Waals surface area contributed by atoms with Crippen molar-refractivity contribution in [3.63, 3.8) is 0 Å². The maximum Gasteiger partial charge on any atom is 0.321 e. The van der Waals surface area contributed by atoms with Gasteiger partial charge in [0.2, 0.25) is 0 Å². The van der Waals surface area contributed by atoms with Gasteiger partial charge in [0, 0.05) is 43.7 Å². The van der Waals surface area contributed by atoms with E-state index in [-0.39, 0.29) is 11.8 Å². The lowest BCUT2D eigenvalue weighted by Gasteiger charge is -2.22. The van der Waals surface area contributed by atoms with Gasteiger partial charge >= 0.3 is 6.03 Å². The van der Waals surface area contributed by atoms with Crippen molar-refractivity contribution in [1.82, 2.24) is 24.7 Å². The van der Waals surface area contributed by atoms with Crippen LogP contribution in [0.25, 0.3) is 5.65 Å². The lowest BCUT2D eigenvalue weighted by Crippen LogP contribution is -2.36. The molecule has 8 nitrogen and oxygen atoms in total. The molecule has 4 heterocycles. The Morgan fingerprint density at radius 2 is 1.78 bits per heavy atom. The van der Waals surface area contributed by atoms with Crippen LogP contribution in [0.1, 0.15) is 0 Å². The molecule has 2 fully saturated rings. The van der Waals surface area contributed by atoms with Gasteiger partial charge < -0.3 is 15.1 Å². The average Bonchev–Trinajstić information content (AvgIpc) is 3.36. The number of aromatic nitrogens is 4. The van der Waals surface area contributed by atoms with Crippen LogP contribution in [0, 0.1) is 17.7 Å². The third kappa shape index (κ3) is 2.94. The lowest BCUT2D eigenvalue weighted by atomic mass is 10.0. The van der Waals surface area contributed by atoms with E-state index in [1.807, 2.05) is 17.0 Å². The molecule has 0 saturated carbocycles. The minimum atomic E-state index is -0.318. The third-order valence-corrected chi connectivity index (χ3v) is 5.34. The topological polar surface area (TPSA) is 78.7 Å². The molecule has 2 aliphatic heterocycles. The molecular weight excluding hydrogens is 349 g/mol. The highest BCUT2D eigenvalue weighted by Gasteiger charge is 2.42. The fourth-order valence-corrected chi connectivity index (χ4v) is 3.97. The molecular formula is C18H18FN7O. The number of nitrogens with zero attached hydrogens (tertiary/aromatic N) is 6. The zero-order chi connectivity index (χ0) is 18.4. The summed E-state index contributed by atoms with van der Waals surface area (Å²) in [4.78, 5) is 16.6. The van der Waals surface area contributed by atoms with Crippen molar-refractivity contribution in [2.24, 2.45) is 11.8 Å². The molecule has 5 rings (SSSR count). The monoisotopic (exact) mass is 367 g/mol. The number of amides is 2. The highest BCUT2D eigenvalue weighted by molar-refractivity contribution is 5.89. The van der Waals surface area contributed by atoms with Crippen LogP contribution in [0.5, 0.6) is 0 Å². The number of hydrogen-bond donors (Lipinski definition) is 1. The molecule has 1 N–H and O–H groups in total. The van der Waals surface area contributed by atoms with Crippen LogP contribution in [-0.2, 0) is 0 Å². The van der Waals surface area contributed by atoms with E-state index in [0.717, 1.165) is 24.6 Å². The fourth-order valence-electron chi connectivity index (χ4n) is 3.97. The van der Waals surface area contributed by atoms with Gasteiger partial charge in [0.25, 0.3) is 0 Å². The molecule has 0 aliphatic carbocycles. The van der Waals surface area contributed by atoms with Crippen LogP contribution >= 0.6 is 0 Å². The predicted octanol–water partition coefficient (Wildman–Crippen LogP) is 1.86. The lowest BCUT2D eigenvalue weighted by molar-refractivity contribution is 0.219. The molecule has 138 valence electrons. The van der Waals surface area contributed by atoms with E-state index in [9.17, 15) is 9.18 Å². The molecule has 0 radical (unpaired) electrons. The molecule has 9 heteroatoms. The normalized spacial score (nSPS) is 21.7. The molecule has 2 atom stereocenters. The molecule has 2 saturated heterocycles. The Balaban J connectivity index is 1.22. The van der Waals surface area contributed by atoms with Gasteiger partial charge in [-0.05, 0) is 36.4 Å². The quantitative estimate of drug-likeness (QED) is 0.748. The third-order valence-electron chi connectivity index (χ3n) is 5.34. The van der Waals surface area contributed by atoms with Gasteiger partial charge in [0.05, 0.1) is 0 Å². The zero-order valence-electron chi connectivity index (χ0n) is 14.5. The van der Waals surface area contributed by atoms with E-state index in [1.54, 1.807) is 23.0 Å². The minimum Gasteiger partial charge on any atom is -0.354 e. The van der Waals surface area contributed by atoms with Crippen LogP contribution in [0.15, 0.2) is 42.7 Å². The van der Waals surface area contributed by atoms with Crippen LogP contribution in [-0.4, -0.2) is 56.9 Å². The Bertz CT molecular complexity index is 975. The van der Waals surface area contributed by atoms with E-state index in [1.165, 1.54) is 12.1 Å². The van der Waals surface area contributed by atoms with Gasteiger partial charge in [-0.3, -0.25) is 0 Å². The maximum atomic E-state index is 13.0. The molecule has 1 aromatic carbocycles. The summed E-state index contributed by atoms with van der Waals surface area (Å²) >= 11 is 0. The largest absolute Gasteiger partial charge is 0.354 e. The van der Waals surface area contributed by atoms with E-state index in [0.29, 0.717) is 30.6 Å². The van der Waals surface area contributed by atoms with Crippen molar-refractivity contribution < 1.29 is 9.18 Å². The fraction of sp³-hybridized carbons (Fsp3) is 0.333. The summed E-state index contributed by atoms with van der Waals surface area (Å²) in [6, 6.07) is 9.55. The van der Waals surface area contributed by atoms with Gasteiger partial charge in [0.15, 0.2) is 5.65 Å². The van der Waals surface area contributed by atoms with Crippen LogP contribution in [0.4, 0.5) is 20.7 Å². The Kier molecular flexibility index (Phi) is 3.66. The van der Waals surface area contributed by atoms with Crippen LogP contribution < -0.4 is 10.2 Å². The minimum absolute atomic E-state index is 0.133. The van der Waals surface area contributed by atoms with E-state index in [2.05, 4.69) is 25.5 Å². The highest BCUT2D eigenvalue weighted by atomic mass is 19.1. The van der Waals surface area contributed by atoms with Crippen molar-refractivity contribution in [2.75, 3.05) is 36.4 Å². The highest BCUT2D eigenvalue weighted by Crippen LogP contribution is 2.33. The first-order chi connectivity index (χ1) is 13.2. The summed E-state index contributed by atoms with van der Waals surface area (Å²) in [5, 5.41) is 15.2. The van der Waals surface area contributed by atoms with Gasteiger partial charge in [-0.25, -0.2) is 9.18 Å². The van der Waals surface area contributed by atoms with E-state index < -0.39 is 0 Å². The summed E-state index contributed by atoms with van der Waals surface area (Å²) in [6.45, 7) is 3.16. The van der Waals surface area contributed by atoms with Crippen LogP contribution in [0.3, 0.4) is 0 Å². The summed E-state index contributed by atoms with van der Waals surface area (Å²) in [7, 11) is 0. The van der Waals surface area contributed by atoms with Crippen molar-refractivity contribution in [3.05, 3.63) is 48.5 Å². The molecule has 0 spiro atoms. The maximum absolute atomic E-state index is 13.0. The van der Waals surface area contributed by atoms with Gasteiger partial charge in [-0.1, -0.05) is 0 Å². The number of anilines is 2. The zero-order valence-corrected chi connectivity index (χ0v) is 14.5. The number of nitrogens with one attached hydrogen (secondary N) is 1. The van der Waals surface area contributed by atoms with Crippen LogP contribution in [0.2, 0.25) is 0 Å². The number of halogens is 1. The number of likely N-dealkylation sites (tertiary alicyclic amines) is 1. The standard InChI is InChI=1S/C18H18FN7O/c19-14-1-3-15(4-2-14)21-18(27)25-9-12-7-24(8-13(12)10-25)17-6-5-16-22-20-11-26(16)23-17/h1-6,11-13H,7-10H2,(H,21,27). The second-order valence-electron chi connectivity index (χ2n) is 7.09. The molecule has 3 aromatic rings. The average molecular weight is 367 g/mol. The number of rotatable bonds is 2. The molecule has 2 aliphatic rings. The van der Waals surface area contributed by atoms with Gasteiger partial charge in [-0.2, -0.15) is 4.52 Å². The number of urea groups is 1. The number of fused-ring (bicyclic) bond motifs is 2. The number of carbonyl (C=O) groups excluding carboxylic acids is 1. The SMILES string of the molecule is O=C(Nc1ccc(F)cc1)N1CC2CN(c3ccc4nncn4n3)CC2C1. The molecule has 2 amide bonds. The molecule has 27 heavy (non-hydrogen) atoms. The smallest absolute Gasteiger partial charge is 0.321 e. The summed E-state index contributed by atoms with van der Waals surface area (Å²) in [5.74, 6) is 1.42. The molecule has 2 unspecified atom stereocenters. The van der Waals surface area contributed by atoms with Gasteiger partial charge in [0.1, 0.15) is 18.0 Å². The number of carbonyl (C=O) groups is 1. The van der Waals surface area contributed by atoms with Crippen molar-refractivity contribution in [1.29, 1.82) is 0 Å². The first kappa shape index (κ1) is 16.0. The second-order valence-corrected chi connectivity index (χ2v) is 7.09. The first-order valence-corrected chi connectivity index (χ1v) is 8.89. The summed E-state index contributed by atoms with van der Waals surface area (Å²) < 4.78 is 14.7. The van der Waals surface area contributed by atoms with Crippen molar-refractivity contribution in [2.45, 2.75) is 0 Å². The Hall–Kier alpha value is -3.23. The Labute approximate surface area is 154 Å². The summed E-state index contributed by atoms with van der Waals surface area (Å²) in [5.41, 5.74) is 1.33. The molecule has 0 bridgehead atoms. The van der Waals surface area contributed by atoms with E-state index in [4.69, 9.17) is 0 Å². The second kappa shape index (κ2) is 6.19. The number of hydrogen-bond acceptors (Lipinski definition) is 5. The van der Waals surface area contributed by atoms with Crippen molar-refractivity contribution in [3.8, 4) is 0 Å². The number of benzene rings is 1. The molecule has 2 aromatic heterocycles. The van der Waals surface area contributed by atoms with E-state index >= 15 is 0 Å². The van der Waals surface area contributed by atoms with Crippen molar-refractivity contribution >= 4 is 23.2 Å². The summed E-state index contributed by atoms with van der Waals surface area (Å²) in [6.07, 6.45) is 1.59. The first-order valence-electron chi connectivity index (χ1n) is 8.89. The Morgan fingerprint density at radius 1 is 1.04 bits per heavy atom. The van der Waals surface area contributed by atoms with Gasteiger partial charge in [-0.15, -0.1) is 15.3 Å². The predicted molar refractivity (Wildman–Crippen MR) is 97.0 cm³/mol. The Morgan fingerprint density at radius 3 is 2.52 bits per heavy atom.